The number of aromatic amines is 1. The van der Waals surface area contributed by atoms with Crippen LogP contribution in [0, 0.1) is 0 Å². The van der Waals surface area contributed by atoms with Crippen molar-refractivity contribution in [3.8, 4) is 0 Å². The topological polar surface area (TPSA) is 84.1 Å². The highest BCUT2D eigenvalue weighted by atomic mass is 16.6. The number of hydrogen-bond donors (Lipinski definition) is 2. The number of aromatic nitrogens is 2. The summed E-state index contributed by atoms with van der Waals surface area (Å²) in [6.07, 6.45) is 2.40. The average Bonchev–Trinajstić information content (AvgIpc) is 2.27. The molecule has 0 radical (unpaired) electrons. The van der Waals surface area contributed by atoms with Gasteiger partial charge in [0, 0.05) is 12.3 Å². The number of ether oxygens (including phenoxy) is 1. The Kier molecular flexibility index (Phi) is 3.25. The molecular weight excluding hydrogens is 246 g/mol. The predicted molar refractivity (Wildman–Crippen MR) is 72.2 cm³/mol. The summed E-state index contributed by atoms with van der Waals surface area (Å²) in [6, 6.07) is 2.96. The lowest BCUT2D eigenvalue weighted by molar-refractivity contribution is 0.0636. The van der Waals surface area contributed by atoms with Crippen LogP contribution in [0.4, 0.5) is 10.5 Å². The highest BCUT2D eigenvalue weighted by molar-refractivity contribution is 5.88. The van der Waals surface area contributed by atoms with E-state index < -0.39 is 11.7 Å². The SMILES string of the molecule is CC(C)(C)OC(=O)Nc1cnc2[nH]ccc(=O)c2c1. The van der Waals surface area contributed by atoms with E-state index in [1.165, 1.54) is 18.5 Å². The van der Waals surface area contributed by atoms with Gasteiger partial charge < -0.3 is 9.72 Å². The maximum Gasteiger partial charge on any atom is 0.412 e. The van der Waals surface area contributed by atoms with Crippen LogP contribution in [-0.4, -0.2) is 21.7 Å². The summed E-state index contributed by atoms with van der Waals surface area (Å²) in [5.74, 6) is 0. The Morgan fingerprint density at radius 2 is 2.16 bits per heavy atom. The van der Waals surface area contributed by atoms with Crippen LogP contribution < -0.4 is 10.7 Å². The Hall–Kier alpha value is -2.37. The molecule has 2 aromatic heterocycles. The van der Waals surface area contributed by atoms with E-state index in [1.54, 1.807) is 26.8 Å². The molecule has 6 heteroatoms. The second-order valence-corrected chi connectivity index (χ2v) is 5.09. The highest BCUT2D eigenvalue weighted by Gasteiger charge is 2.16. The summed E-state index contributed by atoms with van der Waals surface area (Å²) in [5.41, 5.74) is 0.154. The van der Waals surface area contributed by atoms with Crippen molar-refractivity contribution < 1.29 is 9.53 Å². The number of fused-ring (bicyclic) bond motifs is 1. The fourth-order valence-electron chi connectivity index (χ4n) is 1.54. The monoisotopic (exact) mass is 261 g/mol. The molecule has 0 fully saturated rings. The number of carbonyl (C=O) groups excluding carboxylic acids is 1. The smallest absolute Gasteiger partial charge is 0.412 e. The number of hydrogen-bond acceptors (Lipinski definition) is 4. The van der Waals surface area contributed by atoms with Crippen LogP contribution in [0.25, 0.3) is 11.0 Å². The molecule has 0 aliphatic rings. The van der Waals surface area contributed by atoms with Gasteiger partial charge in [0.15, 0.2) is 5.43 Å². The maximum absolute atomic E-state index is 11.6. The Labute approximate surface area is 109 Å². The molecule has 2 rings (SSSR count). The van der Waals surface area contributed by atoms with Crippen LogP contribution in [0.2, 0.25) is 0 Å². The summed E-state index contributed by atoms with van der Waals surface area (Å²) in [6.45, 7) is 5.32. The molecular formula is C13H15N3O3. The van der Waals surface area contributed by atoms with Gasteiger partial charge in [0.25, 0.3) is 0 Å². The first kappa shape index (κ1) is 13.1. The fourth-order valence-corrected chi connectivity index (χ4v) is 1.54. The molecule has 0 aromatic carbocycles. The third kappa shape index (κ3) is 3.31. The number of nitrogens with one attached hydrogen (secondary N) is 2. The number of H-pyrrole nitrogens is 1. The van der Waals surface area contributed by atoms with Crippen molar-refractivity contribution in [2.75, 3.05) is 5.32 Å². The van der Waals surface area contributed by atoms with Gasteiger partial charge in [-0.05, 0) is 26.8 Å². The first-order chi connectivity index (χ1) is 8.85. The van der Waals surface area contributed by atoms with Gasteiger partial charge in [0.2, 0.25) is 0 Å². The summed E-state index contributed by atoms with van der Waals surface area (Å²) >= 11 is 0. The Morgan fingerprint density at radius 3 is 2.84 bits per heavy atom. The maximum atomic E-state index is 11.6. The van der Waals surface area contributed by atoms with Gasteiger partial charge in [-0.25, -0.2) is 9.78 Å². The molecule has 6 nitrogen and oxygen atoms in total. The largest absolute Gasteiger partial charge is 0.444 e. The zero-order chi connectivity index (χ0) is 14.0. The van der Waals surface area contributed by atoms with Crippen LogP contribution in [0.15, 0.2) is 29.3 Å². The van der Waals surface area contributed by atoms with Crippen LogP contribution >= 0.6 is 0 Å². The Bertz CT molecular complexity index is 671. The minimum Gasteiger partial charge on any atom is -0.444 e. The zero-order valence-corrected chi connectivity index (χ0v) is 11.0. The molecule has 0 aliphatic carbocycles. The van der Waals surface area contributed by atoms with Gasteiger partial charge in [-0.1, -0.05) is 0 Å². The first-order valence-electron chi connectivity index (χ1n) is 5.83. The van der Waals surface area contributed by atoms with E-state index in [2.05, 4.69) is 15.3 Å². The van der Waals surface area contributed by atoms with Crippen molar-refractivity contribution in [1.29, 1.82) is 0 Å². The van der Waals surface area contributed by atoms with Crippen molar-refractivity contribution in [1.82, 2.24) is 9.97 Å². The molecule has 0 unspecified atom stereocenters. The summed E-state index contributed by atoms with van der Waals surface area (Å²) in [7, 11) is 0. The standard InChI is InChI=1S/C13H15N3O3/c1-13(2,3)19-12(18)16-8-6-9-10(17)4-5-14-11(9)15-7-8/h4-7H,1-3H3,(H,16,18)(H,14,15,17). The van der Waals surface area contributed by atoms with Crippen LogP contribution in [0.1, 0.15) is 20.8 Å². The number of nitrogens with zero attached hydrogens (tertiary/aromatic N) is 1. The van der Waals surface area contributed by atoms with E-state index in [9.17, 15) is 9.59 Å². The fraction of sp³-hybridized carbons (Fsp3) is 0.308. The average molecular weight is 261 g/mol. The Morgan fingerprint density at radius 1 is 1.42 bits per heavy atom. The molecule has 100 valence electrons. The second-order valence-electron chi connectivity index (χ2n) is 5.09. The van der Waals surface area contributed by atoms with Gasteiger partial charge in [0.1, 0.15) is 11.2 Å². The van der Waals surface area contributed by atoms with Crippen molar-refractivity contribution in [3.05, 3.63) is 34.7 Å². The lowest BCUT2D eigenvalue weighted by atomic mass is 10.2. The number of pyridine rings is 2. The van der Waals surface area contributed by atoms with Crippen LogP contribution in [0.3, 0.4) is 0 Å². The van der Waals surface area contributed by atoms with Gasteiger partial charge in [-0.2, -0.15) is 0 Å². The third-order valence-corrected chi connectivity index (χ3v) is 2.25. The van der Waals surface area contributed by atoms with E-state index in [-0.39, 0.29) is 5.43 Å². The van der Waals surface area contributed by atoms with E-state index in [0.29, 0.717) is 16.7 Å². The lowest BCUT2D eigenvalue weighted by Crippen LogP contribution is -2.27. The molecule has 0 saturated heterocycles. The molecule has 0 atom stereocenters. The van der Waals surface area contributed by atoms with Crippen molar-refractivity contribution in [3.63, 3.8) is 0 Å². The van der Waals surface area contributed by atoms with E-state index in [1.807, 2.05) is 0 Å². The van der Waals surface area contributed by atoms with Crippen molar-refractivity contribution in [2.45, 2.75) is 26.4 Å². The molecule has 19 heavy (non-hydrogen) atoms. The van der Waals surface area contributed by atoms with E-state index in [4.69, 9.17) is 4.74 Å². The molecule has 0 bridgehead atoms. The molecule has 0 saturated carbocycles. The zero-order valence-electron chi connectivity index (χ0n) is 11.0. The summed E-state index contributed by atoms with van der Waals surface area (Å²) in [5, 5.41) is 2.95. The molecule has 2 heterocycles. The number of rotatable bonds is 1. The number of amides is 1. The molecule has 0 spiro atoms. The number of carbonyl (C=O) groups is 1. The minimum absolute atomic E-state index is 0.158. The molecule has 1 amide bonds. The third-order valence-electron chi connectivity index (χ3n) is 2.25. The lowest BCUT2D eigenvalue weighted by Gasteiger charge is -2.19. The van der Waals surface area contributed by atoms with Crippen molar-refractivity contribution in [2.24, 2.45) is 0 Å². The van der Waals surface area contributed by atoms with Crippen LogP contribution in [-0.2, 0) is 4.74 Å². The van der Waals surface area contributed by atoms with Gasteiger partial charge in [-0.15, -0.1) is 0 Å². The normalized spacial score (nSPS) is 11.3. The van der Waals surface area contributed by atoms with Crippen molar-refractivity contribution >= 4 is 22.8 Å². The quantitative estimate of drug-likeness (QED) is 0.824. The highest BCUT2D eigenvalue weighted by Crippen LogP contribution is 2.13. The van der Waals surface area contributed by atoms with E-state index >= 15 is 0 Å². The number of anilines is 1. The van der Waals surface area contributed by atoms with Gasteiger partial charge in [0.05, 0.1) is 17.3 Å². The summed E-state index contributed by atoms with van der Waals surface area (Å²) < 4.78 is 5.12. The second kappa shape index (κ2) is 4.72. The Balaban J connectivity index is 2.25. The molecule has 2 aromatic rings. The minimum atomic E-state index is -0.582. The molecule has 0 aliphatic heterocycles. The van der Waals surface area contributed by atoms with Crippen LogP contribution in [0.5, 0.6) is 0 Å². The molecule has 2 N–H and O–H groups in total. The van der Waals surface area contributed by atoms with E-state index in [0.717, 1.165) is 0 Å². The van der Waals surface area contributed by atoms with Gasteiger partial charge in [-0.3, -0.25) is 10.1 Å². The summed E-state index contributed by atoms with van der Waals surface area (Å²) in [4.78, 5) is 30.2. The predicted octanol–water partition coefficient (Wildman–Crippen LogP) is 2.27. The first-order valence-corrected chi connectivity index (χ1v) is 5.83. The van der Waals surface area contributed by atoms with Gasteiger partial charge >= 0.3 is 6.09 Å².